The SMILES string of the molecule is O=C(CSc1nc2cccc(F)c2c(=O)n1-c1cc(Br)c(F)cn1)Nc1ccc2c(c1)CCC2. The van der Waals surface area contributed by atoms with Crippen LogP contribution in [0.25, 0.3) is 16.7 Å². The molecule has 0 radical (unpaired) electrons. The maximum atomic E-state index is 14.5. The molecular weight excluding hydrogens is 526 g/mol. The first-order valence-corrected chi connectivity index (χ1v) is 12.3. The standard InChI is InChI=1S/C24H17BrF2N4O2S/c25-16-10-20(28-11-18(16)27)31-23(33)22-17(26)5-2-6-19(22)30-24(31)34-12-21(32)29-15-8-7-13-3-1-4-14(13)9-15/h2,5-11H,1,3-4,12H2,(H,29,32). The van der Waals surface area contributed by atoms with Gasteiger partial charge in [0.25, 0.3) is 5.56 Å². The Hall–Kier alpha value is -3.11. The molecule has 4 aromatic rings. The molecule has 0 atom stereocenters. The molecule has 0 saturated heterocycles. The van der Waals surface area contributed by atoms with Crippen LogP contribution < -0.4 is 10.9 Å². The minimum Gasteiger partial charge on any atom is -0.325 e. The second kappa shape index (κ2) is 9.27. The number of rotatable bonds is 5. The fraction of sp³-hybridized carbons (Fsp3) is 0.167. The first-order chi connectivity index (χ1) is 16.4. The van der Waals surface area contributed by atoms with E-state index >= 15 is 0 Å². The maximum Gasteiger partial charge on any atom is 0.270 e. The van der Waals surface area contributed by atoms with Crippen LogP contribution in [0.1, 0.15) is 17.5 Å². The molecule has 1 aliphatic rings. The van der Waals surface area contributed by atoms with Crippen LogP contribution in [-0.4, -0.2) is 26.2 Å². The lowest BCUT2D eigenvalue weighted by Crippen LogP contribution is -2.24. The van der Waals surface area contributed by atoms with Gasteiger partial charge in [-0.3, -0.25) is 9.59 Å². The number of aryl methyl sites for hydroxylation is 2. The summed E-state index contributed by atoms with van der Waals surface area (Å²) in [6, 6.07) is 11.3. The number of benzene rings is 2. The lowest BCUT2D eigenvalue weighted by molar-refractivity contribution is -0.113. The Morgan fingerprint density at radius 3 is 2.76 bits per heavy atom. The van der Waals surface area contributed by atoms with Gasteiger partial charge in [0.2, 0.25) is 5.91 Å². The molecule has 0 saturated carbocycles. The van der Waals surface area contributed by atoms with E-state index in [4.69, 9.17) is 0 Å². The Kier molecular flexibility index (Phi) is 6.18. The second-order valence-electron chi connectivity index (χ2n) is 7.80. The number of carbonyl (C=O) groups excluding carboxylic acids is 1. The van der Waals surface area contributed by atoms with Crippen molar-refractivity contribution in [3.8, 4) is 5.82 Å². The van der Waals surface area contributed by atoms with E-state index in [1.54, 1.807) is 0 Å². The molecule has 2 heterocycles. The molecule has 10 heteroatoms. The third-order valence-electron chi connectivity index (χ3n) is 5.55. The van der Waals surface area contributed by atoms with Crippen molar-refractivity contribution in [2.45, 2.75) is 24.4 Å². The highest BCUT2D eigenvalue weighted by molar-refractivity contribution is 9.10. The fourth-order valence-electron chi connectivity index (χ4n) is 3.97. The molecule has 1 amide bonds. The Morgan fingerprint density at radius 1 is 1.12 bits per heavy atom. The van der Waals surface area contributed by atoms with Gasteiger partial charge in [0, 0.05) is 5.69 Å². The van der Waals surface area contributed by atoms with E-state index in [-0.39, 0.29) is 38.0 Å². The highest BCUT2D eigenvalue weighted by Gasteiger charge is 2.19. The van der Waals surface area contributed by atoms with Crippen molar-refractivity contribution < 1.29 is 13.6 Å². The number of aromatic nitrogens is 3. The zero-order valence-corrected chi connectivity index (χ0v) is 20.1. The highest BCUT2D eigenvalue weighted by atomic mass is 79.9. The van der Waals surface area contributed by atoms with Crippen molar-refractivity contribution in [2.75, 3.05) is 11.1 Å². The molecule has 0 unspecified atom stereocenters. The van der Waals surface area contributed by atoms with Crippen molar-refractivity contribution >= 4 is 50.2 Å². The number of nitrogens with one attached hydrogen (secondary N) is 1. The number of thioether (sulfide) groups is 1. The largest absolute Gasteiger partial charge is 0.325 e. The van der Waals surface area contributed by atoms with Crippen molar-refractivity contribution in [2.24, 2.45) is 0 Å². The molecular formula is C24H17BrF2N4O2S. The normalized spacial score (nSPS) is 12.7. The number of anilines is 1. The molecule has 5 rings (SSSR count). The van der Waals surface area contributed by atoms with Gasteiger partial charge in [-0.1, -0.05) is 23.9 Å². The van der Waals surface area contributed by atoms with Gasteiger partial charge in [-0.2, -0.15) is 0 Å². The molecule has 6 nitrogen and oxygen atoms in total. The minimum atomic E-state index is -0.726. The number of amides is 1. The molecule has 0 bridgehead atoms. The summed E-state index contributed by atoms with van der Waals surface area (Å²) < 4.78 is 29.4. The predicted octanol–water partition coefficient (Wildman–Crippen LogP) is 5.04. The van der Waals surface area contributed by atoms with E-state index < -0.39 is 17.2 Å². The monoisotopic (exact) mass is 542 g/mol. The maximum absolute atomic E-state index is 14.5. The molecule has 172 valence electrons. The Labute approximate surface area is 205 Å². The van der Waals surface area contributed by atoms with Gasteiger partial charge in [-0.25, -0.2) is 23.3 Å². The van der Waals surface area contributed by atoms with Crippen LogP contribution in [0.2, 0.25) is 0 Å². The summed E-state index contributed by atoms with van der Waals surface area (Å²) in [5.74, 6) is -1.61. The molecule has 2 aromatic carbocycles. The number of nitrogens with zero attached hydrogens (tertiary/aromatic N) is 3. The van der Waals surface area contributed by atoms with Gasteiger partial charge < -0.3 is 5.32 Å². The summed E-state index contributed by atoms with van der Waals surface area (Å²) in [6.45, 7) is 0. The average Bonchev–Trinajstić information content (AvgIpc) is 3.27. The number of hydrogen-bond donors (Lipinski definition) is 1. The van der Waals surface area contributed by atoms with Crippen LogP contribution in [0.15, 0.2) is 63.1 Å². The van der Waals surface area contributed by atoms with Gasteiger partial charge in [-0.15, -0.1) is 0 Å². The summed E-state index contributed by atoms with van der Waals surface area (Å²) in [7, 11) is 0. The van der Waals surface area contributed by atoms with E-state index in [0.717, 1.165) is 41.8 Å². The third kappa shape index (κ3) is 4.35. The number of fused-ring (bicyclic) bond motifs is 2. The van der Waals surface area contributed by atoms with Crippen molar-refractivity contribution in [1.29, 1.82) is 0 Å². The first kappa shape index (κ1) is 22.7. The number of pyridine rings is 1. The van der Waals surface area contributed by atoms with Crippen molar-refractivity contribution in [3.63, 3.8) is 0 Å². The zero-order valence-electron chi connectivity index (χ0n) is 17.6. The third-order valence-corrected chi connectivity index (χ3v) is 7.10. The van der Waals surface area contributed by atoms with Gasteiger partial charge in [0.1, 0.15) is 17.0 Å². The van der Waals surface area contributed by atoms with Crippen LogP contribution >= 0.6 is 27.7 Å². The fourth-order valence-corrected chi connectivity index (χ4v) is 5.08. The molecule has 1 N–H and O–H groups in total. The second-order valence-corrected chi connectivity index (χ2v) is 9.60. The number of hydrogen-bond acceptors (Lipinski definition) is 5. The van der Waals surface area contributed by atoms with E-state index in [0.29, 0.717) is 5.69 Å². The van der Waals surface area contributed by atoms with Gasteiger partial charge in [-0.05, 0) is 76.7 Å². The Bertz CT molecular complexity index is 1510. The number of carbonyl (C=O) groups is 1. The van der Waals surface area contributed by atoms with Crippen LogP contribution in [0.4, 0.5) is 14.5 Å². The highest BCUT2D eigenvalue weighted by Crippen LogP contribution is 2.26. The lowest BCUT2D eigenvalue weighted by Gasteiger charge is -2.13. The summed E-state index contributed by atoms with van der Waals surface area (Å²) in [5.41, 5.74) is 2.72. The van der Waals surface area contributed by atoms with Crippen LogP contribution in [-0.2, 0) is 17.6 Å². The topological polar surface area (TPSA) is 76.9 Å². The van der Waals surface area contributed by atoms with E-state index in [2.05, 4.69) is 31.2 Å². The summed E-state index contributed by atoms with van der Waals surface area (Å²) in [4.78, 5) is 34.3. The molecule has 0 aliphatic heterocycles. The zero-order chi connectivity index (χ0) is 23.8. The van der Waals surface area contributed by atoms with Crippen LogP contribution in [0, 0.1) is 11.6 Å². The molecule has 34 heavy (non-hydrogen) atoms. The summed E-state index contributed by atoms with van der Waals surface area (Å²) in [5, 5.41) is 2.80. The van der Waals surface area contributed by atoms with Crippen molar-refractivity contribution in [1.82, 2.24) is 14.5 Å². The van der Waals surface area contributed by atoms with E-state index in [9.17, 15) is 18.4 Å². The van der Waals surface area contributed by atoms with Crippen LogP contribution in [0.3, 0.4) is 0 Å². The van der Waals surface area contributed by atoms with Gasteiger partial charge in [0.15, 0.2) is 11.0 Å². The predicted molar refractivity (Wildman–Crippen MR) is 131 cm³/mol. The van der Waals surface area contributed by atoms with E-state index in [1.807, 2.05) is 18.2 Å². The Balaban J connectivity index is 1.47. The molecule has 0 fully saturated rings. The number of halogens is 3. The summed E-state index contributed by atoms with van der Waals surface area (Å²) in [6.07, 6.45) is 4.12. The van der Waals surface area contributed by atoms with Gasteiger partial charge in [0.05, 0.1) is 21.9 Å². The lowest BCUT2D eigenvalue weighted by atomic mass is 10.1. The first-order valence-electron chi connectivity index (χ1n) is 10.5. The quantitative estimate of drug-likeness (QED) is 0.282. The average molecular weight is 543 g/mol. The molecule has 0 spiro atoms. The van der Waals surface area contributed by atoms with Gasteiger partial charge >= 0.3 is 0 Å². The van der Waals surface area contributed by atoms with E-state index in [1.165, 1.54) is 35.4 Å². The minimum absolute atomic E-state index is 0.0489. The molecule has 2 aromatic heterocycles. The van der Waals surface area contributed by atoms with Crippen LogP contribution in [0.5, 0.6) is 0 Å². The molecule has 1 aliphatic carbocycles. The smallest absolute Gasteiger partial charge is 0.270 e. The summed E-state index contributed by atoms with van der Waals surface area (Å²) >= 11 is 4.09. The van der Waals surface area contributed by atoms with Crippen molar-refractivity contribution in [3.05, 3.63) is 86.2 Å². The Morgan fingerprint density at radius 2 is 1.94 bits per heavy atom.